The summed E-state index contributed by atoms with van der Waals surface area (Å²) in [5.74, 6) is 0.835. The second-order valence-corrected chi connectivity index (χ2v) is 7.21. The third-order valence-corrected chi connectivity index (χ3v) is 5.39. The molecule has 2 aliphatic carbocycles. The molecule has 0 bridgehead atoms. The molecule has 4 rings (SSSR count). The number of fused-ring (bicyclic) bond motifs is 1. The van der Waals surface area contributed by atoms with Crippen LogP contribution in [0.5, 0.6) is 0 Å². The van der Waals surface area contributed by atoms with Gasteiger partial charge in [-0.15, -0.1) is 0 Å². The number of hydrogen-bond donors (Lipinski definition) is 2. The summed E-state index contributed by atoms with van der Waals surface area (Å²) in [5.41, 5.74) is 1.78. The number of nitrogens with one attached hydrogen (secondary N) is 1. The third-order valence-electron chi connectivity index (χ3n) is 4.67. The lowest BCUT2D eigenvalue weighted by atomic mass is 9.92. The van der Waals surface area contributed by atoms with Crippen LogP contribution in [-0.2, 0) is 0 Å². The van der Waals surface area contributed by atoms with Gasteiger partial charge in [-0.3, -0.25) is 0 Å². The minimum absolute atomic E-state index is 0.0530. The largest absolute Gasteiger partial charge is 0.391 e. The Bertz CT molecular complexity index is 711. The minimum Gasteiger partial charge on any atom is -0.391 e. The molecule has 2 fully saturated rings. The molecule has 0 unspecified atom stereocenters. The number of hydrogen-bond acceptors (Lipinski definition) is 3. The van der Waals surface area contributed by atoms with E-state index in [1.807, 2.05) is 12.1 Å². The molecule has 1 aromatic carbocycles. The van der Waals surface area contributed by atoms with E-state index in [-0.39, 0.29) is 12.1 Å². The molecule has 0 spiro atoms. The fourth-order valence-corrected chi connectivity index (χ4v) is 3.65. The molecule has 2 atom stereocenters. The van der Waals surface area contributed by atoms with E-state index in [0.717, 1.165) is 42.7 Å². The molecule has 4 nitrogen and oxygen atoms in total. The van der Waals surface area contributed by atoms with Gasteiger partial charge in [0.1, 0.15) is 0 Å². The van der Waals surface area contributed by atoms with Crippen molar-refractivity contribution in [2.24, 2.45) is 0 Å². The summed E-state index contributed by atoms with van der Waals surface area (Å²) >= 11 is 12.3. The molecule has 0 saturated heterocycles. The Balaban J connectivity index is 1.85. The van der Waals surface area contributed by atoms with Crippen molar-refractivity contribution in [2.75, 3.05) is 5.32 Å². The molecule has 118 valence electrons. The van der Waals surface area contributed by atoms with Gasteiger partial charge in [-0.2, -0.15) is 0 Å². The molecule has 0 amide bonds. The molecule has 0 radical (unpaired) electrons. The summed E-state index contributed by atoms with van der Waals surface area (Å²) in [6, 6.07) is 4.23. The Hall–Kier alpha value is -0.970. The van der Waals surface area contributed by atoms with E-state index in [4.69, 9.17) is 28.2 Å². The Morgan fingerprint density at radius 2 is 1.82 bits per heavy atom. The van der Waals surface area contributed by atoms with Crippen LogP contribution >= 0.6 is 23.2 Å². The predicted octanol–water partition coefficient (Wildman–Crippen LogP) is 4.39. The minimum atomic E-state index is -0.333. The molecule has 2 N–H and O–H groups in total. The first-order valence-electron chi connectivity index (χ1n) is 7.95. The first kappa shape index (κ1) is 14.6. The smallest absolute Gasteiger partial charge is 0.204 e. The number of halogens is 2. The van der Waals surface area contributed by atoms with E-state index in [9.17, 15) is 5.11 Å². The van der Waals surface area contributed by atoms with Crippen molar-refractivity contribution in [1.82, 2.24) is 9.55 Å². The fraction of sp³-hybridized carbons (Fsp3) is 0.562. The lowest BCUT2D eigenvalue weighted by Gasteiger charge is -2.30. The number of aliphatic hydroxyl groups excluding tert-OH is 1. The molecular formula is C16H19Cl2N3O. The number of nitrogens with zero attached hydrogens (tertiary/aromatic N) is 2. The van der Waals surface area contributed by atoms with E-state index in [1.54, 1.807) is 0 Å². The second-order valence-electron chi connectivity index (χ2n) is 6.40. The van der Waals surface area contributed by atoms with Crippen LogP contribution < -0.4 is 5.32 Å². The Labute approximate surface area is 139 Å². The molecule has 1 heterocycles. The summed E-state index contributed by atoms with van der Waals surface area (Å²) in [6.07, 6.45) is 6.05. The van der Waals surface area contributed by atoms with Gasteiger partial charge in [0.25, 0.3) is 0 Å². The quantitative estimate of drug-likeness (QED) is 0.871. The molecule has 22 heavy (non-hydrogen) atoms. The maximum Gasteiger partial charge on any atom is 0.204 e. The highest BCUT2D eigenvalue weighted by Crippen LogP contribution is 2.38. The summed E-state index contributed by atoms with van der Waals surface area (Å²) in [7, 11) is 0. The summed E-state index contributed by atoms with van der Waals surface area (Å²) in [5, 5.41) is 15.0. The Kier molecular flexibility index (Phi) is 3.71. The highest BCUT2D eigenvalue weighted by molar-refractivity contribution is 6.42. The van der Waals surface area contributed by atoms with Crippen LogP contribution in [0.4, 0.5) is 5.95 Å². The van der Waals surface area contributed by atoms with E-state index < -0.39 is 0 Å². The van der Waals surface area contributed by atoms with Gasteiger partial charge in [-0.05, 0) is 37.8 Å². The first-order chi connectivity index (χ1) is 10.6. The van der Waals surface area contributed by atoms with Gasteiger partial charge in [-0.1, -0.05) is 36.0 Å². The van der Waals surface area contributed by atoms with Crippen molar-refractivity contribution in [1.29, 1.82) is 0 Å². The van der Waals surface area contributed by atoms with Crippen LogP contribution in [0.15, 0.2) is 12.1 Å². The monoisotopic (exact) mass is 339 g/mol. The molecular weight excluding hydrogens is 321 g/mol. The van der Waals surface area contributed by atoms with Crippen LogP contribution in [0.3, 0.4) is 0 Å². The van der Waals surface area contributed by atoms with Gasteiger partial charge < -0.3 is 15.0 Å². The molecule has 2 aliphatic rings. The first-order valence-corrected chi connectivity index (χ1v) is 8.70. The van der Waals surface area contributed by atoms with E-state index in [0.29, 0.717) is 16.1 Å². The molecule has 2 saturated carbocycles. The Morgan fingerprint density at radius 3 is 2.55 bits per heavy atom. The highest BCUT2D eigenvalue weighted by atomic mass is 35.5. The van der Waals surface area contributed by atoms with Crippen LogP contribution in [0, 0.1) is 0 Å². The lowest BCUT2D eigenvalue weighted by Crippen LogP contribution is -2.28. The average Bonchev–Trinajstić information content (AvgIpc) is 3.23. The van der Waals surface area contributed by atoms with E-state index in [2.05, 4.69) is 9.88 Å². The number of benzene rings is 1. The number of aliphatic hydroxyl groups is 1. The fourth-order valence-electron chi connectivity index (χ4n) is 3.33. The van der Waals surface area contributed by atoms with Gasteiger partial charge in [-0.25, -0.2) is 4.98 Å². The third kappa shape index (κ3) is 2.57. The molecule has 2 aromatic rings. The number of aromatic nitrogens is 2. The van der Waals surface area contributed by atoms with Crippen molar-refractivity contribution >= 4 is 40.2 Å². The molecule has 1 aromatic heterocycles. The van der Waals surface area contributed by atoms with Crippen molar-refractivity contribution in [2.45, 2.75) is 56.7 Å². The van der Waals surface area contributed by atoms with Crippen LogP contribution in [0.2, 0.25) is 10.0 Å². The van der Waals surface area contributed by atoms with Crippen molar-refractivity contribution in [3.8, 4) is 0 Å². The van der Waals surface area contributed by atoms with Crippen molar-refractivity contribution < 1.29 is 5.11 Å². The van der Waals surface area contributed by atoms with Crippen LogP contribution in [-0.4, -0.2) is 26.8 Å². The summed E-state index contributed by atoms with van der Waals surface area (Å²) in [4.78, 5) is 4.70. The SMILES string of the molecule is O[C@H]1CCCC[C@@H]1n1c(NC2CC2)nc2cc(Cl)c(Cl)cc21. The van der Waals surface area contributed by atoms with Gasteiger partial charge in [0.15, 0.2) is 0 Å². The standard InChI is InChI=1S/C16H19Cl2N3O/c17-10-7-12-14(8-11(10)18)21(13-3-1-2-4-15(13)22)16(20-12)19-9-5-6-9/h7-9,13,15,22H,1-6H2,(H,19,20)/t13-,15-/m0/s1. The highest BCUT2D eigenvalue weighted by Gasteiger charge is 2.31. The van der Waals surface area contributed by atoms with E-state index in [1.165, 1.54) is 12.8 Å². The van der Waals surface area contributed by atoms with Crippen molar-refractivity contribution in [3.05, 3.63) is 22.2 Å². The molecule has 0 aliphatic heterocycles. The summed E-state index contributed by atoms with van der Waals surface area (Å²) < 4.78 is 2.14. The molecule has 6 heteroatoms. The predicted molar refractivity (Wildman–Crippen MR) is 89.9 cm³/mol. The van der Waals surface area contributed by atoms with Crippen LogP contribution in [0.1, 0.15) is 44.6 Å². The van der Waals surface area contributed by atoms with Crippen LogP contribution in [0.25, 0.3) is 11.0 Å². The van der Waals surface area contributed by atoms with Gasteiger partial charge >= 0.3 is 0 Å². The number of rotatable bonds is 3. The lowest BCUT2D eigenvalue weighted by molar-refractivity contribution is 0.0782. The van der Waals surface area contributed by atoms with Gasteiger partial charge in [0.2, 0.25) is 5.95 Å². The zero-order valence-electron chi connectivity index (χ0n) is 12.2. The zero-order chi connectivity index (χ0) is 15.3. The van der Waals surface area contributed by atoms with E-state index >= 15 is 0 Å². The van der Waals surface area contributed by atoms with Crippen molar-refractivity contribution in [3.63, 3.8) is 0 Å². The van der Waals surface area contributed by atoms with Gasteiger partial charge in [0.05, 0.1) is 33.2 Å². The maximum atomic E-state index is 10.5. The average molecular weight is 340 g/mol. The second kappa shape index (κ2) is 5.59. The Morgan fingerprint density at radius 1 is 1.09 bits per heavy atom. The normalized spacial score (nSPS) is 25.6. The number of anilines is 1. The summed E-state index contributed by atoms with van der Waals surface area (Å²) in [6.45, 7) is 0. The topological polar surface area (TPSA) is 50.1 Å². The maximum absolute atomic E-state index is 10.5. The number of imidazole rings is 1. The zero-order valence-corrected chi connectivity index (χ0v) is 13.7. The van der Waals surface area contributed by atoms with Gasteiger partial charge in [0, 0.05) is 6.04 Å².